The molecule has 2 aromatic rings. The average molecular weight is 367 g/mol. The van der Waals surface area contributed by atoms with Crippen molar-refractivity contribution in [2.75, 3.05) is 38.7 Å². The summed E-state index contributed by atoms with van der Waals surface area (Å²) >= 11 is 12.1. The van der Waals surface area contributed by atoms with Crippen molar-refractivity contribution in [3.63, 3.8) is 0 Å². The first kappa shape index (κ1) is 17.4. The summed E-state index contributed by atoms with van der Waals surface area (Å²) in [6.07, 6.45) is 3.76. The van der Waals surface area contributed by atoms with Gasteiger partial charge in [0.05, 0.1) is 22.8 Å². The molecule has 2 heterocycles. The normalized spacial score (nSPS) is 18.6. The molecule has 0 N–H and O–H groups in total. The number of anilines is 1. The number of halogens is 2. The number of benzene rings is 1. The van der Waals surface area contributed by atoms with Crippen LogP contribution in [-0.4, -0.2) is 48.7 Å². The maximum Gasteiger partial charge on any atom is 0.224 e. The molecule has 3 rings (SSSR count). The van der Waals surface area contributed by atoms with E-state index in [-0.39, 0.29) is 6.10 Å². The van der Waals surface area contributed by atoms with Crippen LogP contribution in [0.2, 0.25) is 10.0 Å². The maximum atomic E-state index is 6.12. The van der Waals surface area contributed by atoms with Crippen molar-refractivity contribution in [3.05, 3.63) is 51.8 Å². The Morgan fingerprint density at radius 3 is 2.62 bits per heavy atom. The Labute approximate surface area is 152 Å². The van der Waals surface area contributed by atoms with E-state index in [9.17, 15) is 0 Å². The van der Waals surface area contributed by atoms with Gasteiger partial charge in [-0.3, -0.25) is 4.90 Å². The van der Waals surface area contributed by atoms with Crippen molar-refractivity contribution in [2.45, 2.75) is 12.6 Å². The Balaban J connectivity index is 1.65. The molecule has 128 valence electrons. The summed E-state index contributed by atoms with van der Waals surface area (Å²) in [5.41, 5.74) is 2.14. The van der Waals surface area contributed by atoms with Gasteiger partial charge in [-0.15, -0.1) is 0 Å². The minimum Gasteiger partial charge on any atom is -0.371 e. The Kier molecular flexibility index (Phi) is 5.56. The average Bonchev–Trinajstić information content (AvgIpc) is 2.58. The van der Waals surface area contributed by atoms with Crippen LogP contribution in [0.15, 0.2) is 30.6 Å². The second-order valence-electron chi connectivity index (χ2n) is 6.05. The molecular formula is C17H20Cl2N4O. The van der Waals surface area contributed by atoms with Gasteiger partial charge in [-0.25, -0.2) is 9.97 Å². The molecule has 1 aromatic carbocycles. The predicted molar refractivity (Wildman–Crippen MR) is 96.8 cm³/mol. The minimum absolute atomic E-state index is 0.00418. The van der Waals surface area contributed by atoms with Gasteiger partial charge in [0.2, 0.25) is 5.95 Å². The van der Waals surface area contributed by atoms with Gasteiger partial charge in [0.1, 0.15) is 0 Å². The third kappa shape index (κ3) is 4.16. The summed E-state index contributed by atoms with van der Waals surface area (Å²) in [5, 5.41) is 1.12. The lowest BCUT2D eigenvalue weighted by molar-refractivity contribution is -0.0329. The first-order chi connectivity index (χ1) is 11.5. The van der Waals surface area contributed by atoms with Crippen LogP contribution in [0.25, 0.3) is 0 Å². The summed E-state index contributed by atoms with van der Waals surface area (Å²) in [7, 11) is 3.86. The second-order valence-corrected chi connectivity index (χ2v) is 6.87. The smallest absolute Gasteiger partial charge is 0.224 e. The van der Waals surface area contributed by atoms with Crippen LogP contribution in [0, 0.1) is 0 Å². The highest BCUT2D eigenvalue weighted by Crippen LogP contribution is 2.29. The topological polar surface area (TPSA) is 41.5 Å². The SMILES string of the molecule is CN(C)c1ncc(CN2CCOC(c3ccc(Cl)c(Cl)c3)C2)cn1. The van der Waals surface area contributed by atoms with Gasteiger partial charge >= 0.3 is 0 Å². The van der Waals surface area contributed by atoms with Crippen molar-refractivity contribution in [1.29, 1.82) is 0 Å². The number of hydrogen-bond acceptors (Lipinski definition) is 5. The number of hydrogen-bond donors (Lipinski definition) is 0. The molecule has 7 heteroatoms. The zero-order chi connectivity index (χ0) is 17.1. The van der Waals surface area contributed by atoms with E-state index in [0.717, 1.165) is 36.7 Å². The van der Waals surface area contributed by atoms with E-state index < -0.39 is 0 Å². The fourth-order valence-corrected chi connectivity index (χ4v) is 2.99. The number of nitrogens with zero attached hydrogens (tertiary/aromatic N) is 4. The molecule has 1 saturated heterocycles. The fraction of sp³-hybridized carbons (Fsp3) is 0.412. The Bertz CT molecular complexity index is 693. The summed E-state index contributed by atoms with van der Waals surface area (Å²) in [6, 6.07) is 5.67. The Morgan fingerprint density at radius 2 is 1.96 bits per heavy atom. The summed E-state index contributed by atoms with van der Waals surface area (Å²) in [5.74, 6) is 0.717. The van der Waals surface area contributed by atoms with Gasteiger partial charge in [0.15, 0.2) is 0 Å². The van der Waals surface area contributed by atoms with Crippen LogP contribution >= 0.6 is 23.2 Å². The third-order valence-electron chi connectivity index (χ3n) is 3.96. The molecule has 1 aromatic heterocycles. The lowest BCUT2D eigenvalue weighted by Crippen LogP contribution is -2.37. The summed E-state index contributed by atoms with van der Waals surface area (Å²) in [4.78, 5) is 13.0. The molecular weight excluding hydrogens is 347 g/mol. The summed E-state index contributed by atoms with van der Waals surface area (Å²) < 4.78 is 5.90. The predicted octanol–water partition coefficient (Wildman–Crippen LogP) is 3.42. The number of rotatable bonds is 4. The van der Waals surface area contributed by atoms with E-state index in [1.807, 2.05) is 49.6 Å². The fourth-order valence-electron chi connectivity index (χ4n) is 2.68. The first-order valence-corrected chi connectivity index (χ1v) is 8.55. The van der Waals surface area contributed by atoms with Crippen LogP contribution in [-0.2, 0) is 11.3 Å². The first-order valence-electron chi connectivity index (χ1n) is 7.80. The summed E-state index contributed by atoms with van der Waals surface area (Å²) in [6.45, 7) is 3.16. The number of aromatic nitrogens is 2. The van der Waals surface area contributed by atoms with Gasteiger partial charge in [0, 0.05) is 51.7 Å². The molecule has 1 fully saturated rings. The number of morpholine rings is 1. The second kappa shape index (κ2) is 7.66. The highest BCUT2D eigenvalue weighted by Gasteiger charge is 2.22. The zero-order valence-electron chi connectivity index (χ0n) is 13.7. The van der Waals surface area contributed by atoms with Crippen molar-refractivity contribution >= 4 is 29.2 Å². The van der Waals surface area contributed by atoms with E-state index in [1.54, 1.807) is 0 Å². The molecule has 0 bridgehead atoms. The van der Waals surface area contributed by atoms with Crippen molar-refractivity contribution in [1.82, 2.24) is 14.9 Å². The molecule has 1 unspecified atom stereocenters. The molecule has 1 aliphatic rings. The molecule has 1 aliphatic heterocycles. The molecule has 1 atom stereocenters. The van der Waals surface area contributed by atoms with E-state index >= 15 is 0 Å². The molecule has 0 radical (unpaired) electrons. The van der Waals surface area contributed by atoms with Crippen LogP contribution in [0.1, 0.15) is 17.2 Å². The lowest BCUT2D eigenvalue weighted by atomic mass is 10.1. The van der Waals surface area contributed by atoms with Gasteiger partial charge in [-0.05, 0) is 17.7 Å². The number of ether oxygens (including phenoxy) is 1. The molecule has 24 heavy (non-hydrogen) atoms. The van der Waals surface area contributed by atoms with E-state index in [1.165, 1.54) is 0 Å². The Morgan fingerprint density at radius 1 is 1.21 bits per heavy atom. The van der Waals surface area contributed by atoms with Crippen molar-refractivity contribution < 1.29 is 4.74 Å². The third-order valence-corrected chi connectivity index (χ3v) is 4.70. The van der Waals surface area contributed by atoms with Crippen LogP contribution in [0.5, 0.6) is 0 Å². The zero-order valence-corrected chi connectivity index (χ0v) is 15.3. The largest absolute Gasteiger partial charge is 0.371 e. The van der Waals surface area contributed by atoms with Crippen LogP contribution in [0.3, 0.4) is 0 Å². The molecule has 0 saturated carbocycles. The van der Waals surface area contributed by atoms with E-state index in [4.69, 9.17) is 27.9 Å². The molecule has 0 amide bonds. The van der Waals surface area contributed by atoms with Crippen LogP contribution in [0.4, 0.5) is 5.95 Å². The minimum atomic E-state index is -0.00418. The van der Waals surface area contributed by atoms with Gasteiger partial charge < -0.3 is 9.64 Å². The molecule has 5 nitrogen and oxygen atoms in total. The Hall–Kier alpha value is -1.40. The van der Waals surface area contributed by atoms with Gasteiger partial charge in [-0.1, -0.05) is 29.3 Å². The van der Waals surface area contributed by atoms with Crippen molar-refractivity contribution in [2.24, 2.45) is 0 Å². The van der Waals surface area contributed by atoms with E-state index in [0.29, 0.717) is 16.7 Å². The van der Waals surface area contributed by atoms with Crippen molar-refractivity contribution in [3.8, 4) is 0 Å². The molecule has 0 aliphatic carbocycles. The van der Waals surface area contributed by atoms with Gasteiger partial charge in [0.25, 0.3) is 0 Å². The van der Waals surface area contributed by atoms with E-state index in [2.05, 4.69) is 14.9 Å². The quantitative estimate of drug-likeness (QED) is 0.828. The molecule has 0 spiro atoms. The lowest BCUT2D eigenvalue weighted by Gasteiger charge is -2.33. The highest BCUT2D eigenvalue weighted by atomic mass is 35.5. The maximum absolute atomic E-state index is 6.12. The standard InChI is InChI=1S/C17H20Cl2N4O/c1-22(2)17-20-8-12(9-21-17)10-23-5-6-24-16(11-23)13-3-4-14(18)15(19)7-13/h3-4,7-9,16H,5-6,10-11H2,1-2H3. The van der Waals surface area contributed by atoms with Crippen LogP contribution < -0.4 is 4.90 Å². The van der Waals surface area contributed by atoms with Gasteiger partial charge in [-0.2, -0.15) is 0 Å². The monoisotopic (exact) mass is 366 g/mol. The highest BCUT2D eigenvalue weighted by molar-refractivity contribution is 6.42.